The van der Waals surface area contributed by atoms with Gasteiger partial charge in [0.2, 0.25) is 0 Å². The molecule has 0 aromatic carbocycles. The van der Waals surface area contributed by atoms with Crippen LogP contribution in [0.4, 0.5) is 0 Å². The second kappa shape index (κ2) is 10.7. The Balaban J connectivity index is 3.51. The molecule has 0 saturated carbocycles. The van der Waals surface area contributed by atoms with Gasteiger partial charge in [0, 0.05) is 0 Å². The third kappa shape index (κ3) is 16.3. The molecule has 124 valence electrons. The van der Waals surface area contributed by atoms with Crippen LogP contribution in [0.25, 0.3) is 0 Å². The molecule has 0 aromatic heterocycles. The molecule has 0 nitrogen and oxygen atoms in total. The van der Waals surface area contributed by atoms with E-state index in [0.29, 0.717) is 5.41 Å². The van der Waals surface area contributed by atoms with Gasteiger partial charge in [-0.15, -0.1) is 0 Å². The summed E-state index contributed by atoms with van der Waals surface area (Å²) >= 11 is 0. The molecule has 1 heteroatoms. The molecule has 0 bridgehead atoms. The van der Waals surface area contributed by atoms with Crippen LogP contribution in [0, 0.1) is 11.3 Å². The van der Waals surface area contributed by atoms with Crippen LogP contribution >= 0.6 is 0 Å². The van der Waals surface area contributed by atoms with E-state index < -0.39 is 0 Å². The summed E-state index contributed by atoms with van der Waals surface area (Å²) in [5.41, 5.74) is 0.473. The molecule has 1 unspecified atom stereocenters. The summed E-state index contributed by atoms with van der Waals surface area (Å²) in [6.45, 7) is 13.9. The first-order valence-electron chi connectivity index (χ1n) is 9.41. The fourth-order valence-corrected chi connectivity index (χ4v) is 2.92. The zero-order valence-electron chi connectivity index (χ0n) is 15.9. The second-order valence-corrected chi connectivity index (χ2v) is 9.12. The minimum Gasteiger partial charge on any atom is -0.0688 e. The van der Waals surface area contributed by atoms with Gasteiger partial charge in [-0.3, -0.25) is 0 Å². The molecule has 2 radical (unpaired) electrons. The van der Waals surface area contributed by atoms with Gasteiger partial charge < -0.3 is 0 Å². The number of hydrogen-bond donors (Lipinski definition) is 0. The Morgan fingerprint density at radius 2 is 1.10 bits per heavy atom. The first kappa shape index (κ1) is 21.1. The topological polar surface area (TPSA) is 0 Å². The average Bonchev–Trinajstić information content (AvgIpc) is 2.32. The standard InChI is InChI=1S/C20H41B/c1-18(2)14-10-8-7-9-11-16-20(6,21)17-13-12-15-19(3,4)5/h18H,7-17H2,1-6H3. The highest BCUT2D eigenvalue weighted by Crippen LogP contribution is 2.35. The van der Waals surface area contributed by atoms with Gasteiger partial charge in [-0.05, 0) is 17.8 Å². The lowest BCUT2D eigenvalue weighted by atomic mass is 9.64. The van der Waals surface area contributed by atoms with Crippen LogP contribution in [0.15, 0.2) is 0 Å². The van der Waals surface area contributed by atoms with Crippen LogP contribution in [0.5, 0.6) is 0 Å². The van der Waals surface area contributed by atoms with E-state index in [-0.39, 0.29) is 5.31 Å². The van der Waals surface area contributed by atoms with Crippen molar-refractivity contribution in [1.82, 2.24) is 0 Å². The molecule has 0 fully saturated rings. The van der Waals surface area contributed by atoms with E-state index in [9.17, 15) is 0 Å². The van der Waals surface area contributed by atoms with Crippen LogP contribution in [-0.2, 0) is 0 Å². The quantitative estimate of drug-likeness (QED) is 0.261. The summed E-state index contributed by atoms with van der Waals surface area (Å²) in [5.74, 6) is 0.866. The average molecular weight is 292 g/mol. The highest BCUT2D eigenvalue weighted by molar-refractivity contribution is 6.14. The molecule has 1 atom stereocenters. The summed E-state index contributed by atoms with van der Waals surface area (Å²) in [7, 11) is 6.45. The van der Waals surface area contributed by atoms with Gasteiger partial charge in [-0.25, -0.2) is 0 Å². The highest BCUT2D eigenvalue weighted by Gasteiger charge is 2.17. The molecule has 0 aliphatic rings. The summed E-state index contributed by atoms with van der Waals surface area (Å²) < 4.78 is 0. The first-order valence-corrected chi connectivity index (χ1v) is 9.41. The van der Waals surface area contributed by atoms with Crippen molar-refractivity contribution in [2.45, 2.75) is 117 Å². The molecule has 0 saturated heterocycles. The Bertz CT molecular complexity index is 235. The summed E-state index contributed by atoms with van der Waals surface area (Å²) in [4.78, 5) is 0. The van der Waals surface area contributed by atoms with Crippen molar-refractivity contribution < 1.29 is 0 Å². The van der Waals surface area contributed by atoms with Crippen LogP contribution in [-0.4, -0.2) is 7.85 Å². The second-order valence-electron chi connectivity index (χ2n) is 9.12. The number of unbranched alkanes of at least 4 members (excludes halogenated alkanes) is 5. The van der Waals surface area contributed by atoms with Gasteiger partial charge in [0.15, 0.2) is 0 Å². The Morgan fingerprint density at radius 3 is 1.62 bits per heavy atom. The summed E-state index contributed by atoms with van der Waals surface area (Å²) in [6.07, 6.45) is 14.6. The first-order chi connectivity index (χ1) is 9.62. The van der Waals surface area contributed by atoms with Gasteiger partial charge in [-0.2, -0.15) is 0 Å². The molecule has 21 heavy (non-hydrogen) atoms. The summed E-state index contributed by atoms with van der Waals surface area (Å²) in [6, 6.07) is 0. The van der Waals surface area contributed by atoms with Crippen molar-refractivity contribution in [3.63, 3.8) is 0 Å². The van der Waals surface area contributed by atoms with Crippen molar-refractivity contribution in [1.29, 1.82) is 0 Å². The lowest BCUT2D eigenvalue weighted by Gasteiger charge is -2.26. The molecule has 0 rings (SSSR count). The van der Waals surface area contributed by atoms with Crippen LogP contribution in [0.3, 0.4) is 0 Å². The third-order valence-electron chi connectivity index (χ3n) is 4.45. The highest BCUT2D eigenvalue weighted by atomic mass is 14.2. The minimum absolute atomic E-state index is 0.0653. The van der Waals surface area contributed by atoms with Gasteiger partial charge >= 0.3 is 0 Å². The Labute approximate surface area is 137 Å². The molecular weight excluding hydrogens is 251 g/mol. The fourth-order valence-electron chi connectivity index (χ4n) is 2.92. The molecule has 0 aliphatic carbocycles. The fraction of sp³-hybridized carbons (Fsp3) is 1.00. The van der Waals surface area contributed by atoms with Crippen molar-refractivity contribution in [2.24, 2.45) is 11.3 Å². The zero-order chi connectivity index (χ0) is 16.4. The normalized spacial score (nSPS) is 15.4. The van der Waals surface area contributed by atoms with Gasteiger partial charge in [0.05, 0.1) is 7.85 Å². The van der Waals surface area contributed by atoms with E-state index >= 15 is 0 Å². The lowest BCUT2D eigenvalue weighted by molar-refractivity contribution is 0.348. The molecule has 0 heterocycles. The smallest absolute Gasteiger partial charge is 0.0688 e. The van der Waals surface area contributed by atoms with Crippen molar-refractivity contribution >= 4 is 7.85 Å². The van der Waals surface area contributed by atoms with Crippen molar-refractivity contribution in [2.75, 3.05) is 0 Å². The monoisotopic (exact) mass is 292 g/mol. The van der Waals surface area contributed by atoms with Crippen LogP contribution in [0.1, 0.15) is 112 Å². The largest absolute Gasteiger partial charge is 0.0742 e. The molecule has 0 amide bonds. The van der Waals surface area contributed by atoms with E-state index in [4.69, 9.17) is 7.85 Å². The maximum absolute atomic E-state index is 6.45. The Hall–Kier alpha value is 0.0649. The minimum atomic E-state index is 0.0653. The van der Waals surface area contributed by atoms with Crippen molar-refractivity contribution in [3.8, 4) is 0 Å². The number of hydrogen-bond acceptors (Lipinski definition) is 0. The predicted octanol–water partition coefficient (Wildman–Crippen LogP) is 7.33. The molecular formula is C20H41B. The maximum Gasteiger partial charge on any atom is 0.0742 e. The van der Waals surface area contributed by atoms with Crippen LogP contribution < -0.4 is 0 Å². The van der Waals surface area contributed by atoms with Gasteiger partial charge in [0.25, 0.3) is 0 Å². The van der Waals surface area contributed by atoms with Gasteiger partial charge in [0.1, 0.15) is 0 Å². The zero-order valence-corrected chi connectivity index (χ0v) is 15.9. The Kier molecular flexibility index (Phi) is 10.8. The SMILES string of the molecule is [B]C(C)(CCCCCCCC(C)C)CCCCC(C)(C)C. The van der Waals surface area contributed by atoms with Crippen molar-refractivity contribution in [3.05, 3.63) is 0 Å². The number of rotatable bonds is 12. The third-order valence-corrected chi connectivity index (χ3v) is 4.45. The molecule has 0 N–H and O–H groups in total. The molecule has 0 spiro atoms. The van der Waals surface area contributed by atoms with E-state index in [1.807, 2.05) is 0 Å². The van der Waals surface area contributed by atoms with E-state index in [1.165, 1.54) is 70.6 Å². The maximum atomic E-state index is 6.45. The lowest BCUT2D eigenvalue weighted by Crippen LogP contribution is -2.09. The predicted molar refractivity (Wildman–Crippen MR) is 99.2 cm³/mol. The molecule has 0 aliphatic heterocycles. The summed E-state index contributed by atoms with van der Waals surface area (Å²) in [5, 5.41) is 0.0653. The Morgan fingerprint density at radius 1 is 0.667 bits per heavy atom. The van der Waals surface area contributed by atoms with E-state index in [0.717, 1.165) is 5.92 Å². The molecule has 0 aromatic rings. The van der Waals surface area contributed by atoms with Gasteiger partial charge in [-0.1, -0.05) is 111 Å². The van der Waals surface area contributed by atoms with E-state index in [2.05, 4.69) is 41.5 Å². The van der Waals surface area contributed by atoms with Crippen LogP contribution in [0.2, 0.25) is 5.31 Å². The van der Waals surface area contributed by atoms with E-state index in [1.54, 1.807) is 0 Å².